The van der Waals surface area contributed by atoms with Gasteiger partial charge in [-0.05, 0) is 29.3 Å². The summed E-state index contributed by atoms with van der Waals surface area (Å²) in [5.74, 6) is -0.0890. The molecule has 2 atom stereocenters. The van der Waals surface area contributed by atoms with E-state index in [4.69, 9.17) is 0 Å². The van der Waals surface area contributed by atoms with Crippen LogP contribution in [0.4, 0.5) is 0 Å². The van der Waals surface area contributed by atoms with Gasteiger partial charge >= 0.3 is 0 Å². The SMILES string of the molecule is C=C1C=CC=C2NC(=O)C(c3ccncc3)C12. The molecular formula is C14H12N2O. The van der Waals surface area contributed by atoms with Crippen LogP contribution in [0, 0.1) is 5.92 Å². The Labute approximate surface area is 99.6 Å². The van der Waals surface area contributed by atoms with Crippen molar-refractivity contribution in [3.05, 3.63) is 66.2 Å². The van der Waals surface area contributed by atoms with Crippen LogP contribution in [0.5, 0.6) is 0 Å². The first-order valence-corrected chi connectivity index (χ1v) is 5.55. The molecule has 1 saturated heterocycles. The highest BCUT2D eigenvalue weighted by molar-refractivity contribution is 5.90. The molecule has 2 heterocycles. The number of carbonyl (C=O) groups excluding carboxylic acids is 1. The van der Waals surface area contributed by atoms with Crippen molar-refractivity contribution in [3.63, 3.8) is 0 Å². The minimum Gasteiger partial charge on any atom is -0.329 e. The summed E-state index contributed by atoms with van der Waals surface area (Å²) in [5, 5.41) is 2.92. The van der Waals surface area contributed by atoms with Crippen molar-refractivity contribution in [1.82, 2.24) is 10.3 Å². The van der Waals surface area contributed by atoms with Gasteiger partial charge < -0.3 is 5.32 Å². The number of hydrogen-bond acceptors (Lipinski definition) is 2. The zero-order chi connectivity index (χ0) is 11.8. The van der Waals surface area contributed by atoms with Crippen LogP contribution in [0.25, 0.3) is 0 Å². The predicted octanol–water partition coefficient (Wildman–Crippen LogP) is 1.92. The van der Waals surface area contributed by atoms with Crippen molar-refractivity contribution in [3.8, 4) is 0 Å². The molecule has 1 aromatic rings. The summed E-state index contributed by atoms with van der Waals surface area (Å²) in [5.41, 5.74) is 2.91. The van der Waals surface area contributed by atoms with Gasteiger partial charge in [-0.2, -0.15) is 0 Å². The van der Waals surface area contributed by atoms with Gasteiger partial charge in [0.05, 0.1) is 5.92 Å². The van der Waals surface area contributed by atoms with Crippen LogP contribution >= 0.6 is 0 Å². The molecule has 0 aromatic carbocycles. The Kier molecular flexibility index (Phi) is 2.18. The van der Waals surface area contributed by atoms with E-state index in [-0.39, 0.29) is 17.7 Å². The maximum atomic E-state index is 12.0. The highest BCUT2D eigenvalue weighted by atomic mass is 16.2. The predicted molar refractivity (Wildman–Crippen MR) is 65.0 cm³/mol. The Balaban J connectivity index is 2.06. The van der Waals surface area contributed by atoms with E-state index in [1.807, 2.05) is 30.4 Å². The monoisotopic (exact) mass is 224 g/mol. The van der Waals surface area contributed by atoms with E-state index < -0.39 is 0 Å². The molecule has 17 heavy (non-hydrogen) atoms. The van der Waals surface area contributed by atoms with Crippen LogP contribution in [0.1, 0.15) is 11.5 Å². The number of nitrogens with zero attached hydrogens (tertiary/aromatic N) is 1. The van der Waals surface area contributed by atoms with E-state index in [9.17, 15) is 4.79 Å². The molecule has 0 spiro atoms. The molecule has 1 N–H and O–H groups in total. The minimum absolute atomic E-state index is 0.0392. The van der Waals surface area contributed by atoms with Crippen LogP contribution in [0.2, 0.25) is 0 Å². The van der Waals surface area contributed by atoms with Crippen LogP contribution in [0.3, 0.4) is 0 Å². The van der Waals surface area contributed by atoms with Crippen molar-refractivity contribution < 1.29 is 4.79 Å². The molecule has 84 valence electrons. The van der Waals surface area contributed by atoms with Gasteiger partial charge in [-0.3, -0.25) is 9.78 Å². The first-order chi connectivity index (χ1) is 8.27. The maximum absolute atomic E-state index is 12.0. The molecule has 2 unspecified atom stereocenters. The summed E-state index contributed by atoms with van der Waals surface area (Å²) >= 11 is 0. The summed E-state index contributed by atoms with van der Waals surface area (Å²) in [6, 6.07) is 3.78. The third-order valence-electron chi connectivity index (χ3n) is 3.27. The molecule has 1 aliphatic heterocycles. The third-order valence-corrected chi connectivity index (χ3v) is 3.27. The number of fused-ring (bicyclic) bond motifs is 1. The van der Waals surface area contributed by atoms with Gasteiger partial charge in [-0.25, -0.2) is 0 Å². The number of aromatic nitrogens is 1. The lowest BCUT2D eigenvalue weighted by atomic mass is 9.81. The summed E-state index contributed by atoms with van der Waals surface area (Å²) in [6.45, 7) is 4.03. The van der Waals surface area contributed by atoms with Crippen molar-refractivity contribution in [2.45, 2.75) is 5.92 Å². The van der Waals surface area contributed by atoms with E-state index in [0.29, 0.717) is 0 Å². The molecule has 3 heteroatoms. The van der Waals surface area contributed by atoms with Crippen LogP contribution in [-0.4, -0.2) is 10.9 Å². The first kappa shape index (κ1) is 10.0. The average molecular weight is 224 g/mol. The van der Waals surface area contributed by atoms with Gasteiger partial charge in [0, 0.05) is 24.0 Å². The Morgan fingerprint density at radius 1 is 1.24 bits per heavy atom. The fourth-order valence-electron chi connectivity index (χ4n) is 2.48. The molecule has 1 aliphatic carbocycles. The van der Waals surface area contributed by atoms with Gasteiger partial charge in [0.25, 0.3) is 0 Å². The number of allylic oxidation sites excluding steroid dienone is 4. The zero-order valence-electron chi connectivity index (χ0n) is 9.26. The van der Waals surface area contributed by atoms with E-state index in [1.165, 1.54) is 0 Å². The van der Waals surface area contributed by atoms with Gasteiger partial charge in [0.15, 0.2) is 0 Å². The van der Waals surface area contributed by atoms with E-state index in [2.05, 4.69) is 16.9 Å². The molecule has 1 aromatic heterocycles. The third kappa shape index (κ3) is 1.51. The Bertz CT molecular complexity index is 543. The second-order valence-electron chi connectivity index (χ2n) is 4.28. The Morgan fingerprint density at radius 3 is 2.76 bits per heavy atom. The molecule has 0 bridgehead atoms. The summed E-state index contributed by atoms with van der Waals surface area (Å²) < 4.78 is 0. The second-order valence-corrected chi connectivity index (χ2v) is 4.28. The molecule has 2 aliphatic rings. The van der Waals surface area contributed by atoms with Crippen LogP contribution in [-0.2, 0) is 4.79 Å². The van der Waals surface area contributed by atoms with Gasteiger partial charge in [-0.1, -0.05) is 18.7 Å². The van der Waals surface area contributed by atoms with Crippen molar-refractivity contribution in [2.24, 2.45) is 5.92 Å². The van der Waals surface area contributed by atoms with Crippen molar-refractivity contribution in [2.75, 3.05) is 0 Å². The smallest absolute Gasteiger partial charge is 0.232 e. The van der Waals surface area contributed by atoms with Gasteiger partial charge in [0.2, 0.25) is 5.91 Å². The molecule has 1 fully saturated rings. The molecule has 0 radical (unpaired) electrons. The lowest BCUT2D eigenvalue weighted by Gasteiger charge is -2.20. The number of pyridine rings is 1. The van der Waals surface area contributed by atoms with Crippen molar-refractivity contribution >= 4 is 5.91 Å². The van der Waals surface area contributed by atoms with Crippen LogP contribution in [0.15, 0.2) is 60.6 Å². The second kappa shape index (κ2) is 3.70. The van der Waals surface area contributed by atoms with Gasteiger partial charge in [-0.15, -0.1) is 0 Å². The normalized spacial score (nSPS) is 26.5. The topological polar surface area (TPSA) is 42.0 Å². The maximum Gasteiger partial charge on any atom is 0.232 e. The molecule has 3 nitrogen and oxygen atoms in total. The number of rotatable bonds is 1. The lowest BCUT2D eigenvalue weighted by molar-refractivity contribution is -0.120. The number of amides is 1. The highest BCUT2D eigenvalue weighted by Crippen LogP contribution is 2.41. The Morgan fingerprint density at radius 2 is 2.00 bits per heavy atom. The highest BCUT2D eigenvalue weighted by Gasteiger charge is 2.41. The largest absolute Gasteiger partial charge is 0.329 e. The molecule has 1 amide bonds. The van der Waals surface area contributed by atoms with Crippen molar-refractivity contribution in [1.29, 1.82) is 0 Å². The molecule has 3 rings (SSSR count). The standard InChI is InChI=1S/C14H12N2O/c1-9-3-2-4-11-12(9)13(14(17)16-11)10-5-7-15-8-6-10/h2-8,12-13H,1H2,(H,16,17). The number of hydrogen-bond donors (Lipinski definition) is 1. The van der Waals surface area contributed by atoms with E-state index in [0.717, 1.165) is 16.8 Å². The molecular weight excluding hydrogens is 212 g/mol. The summed E-state index contributed by atoms with van der Waals surface area (Å²) in [6.07, 6.45) is 9.25. The van der Waals surface area contributed by atoms with E-state index >= 15 is 0 Å². The Hall–Kier alpha value is -2.16. The summed E-state index contributed by atoms with van der Waals surface area (Å²) in [4.78, 5) is 16.0. The molecule has 0 saturated carbocycles. The number of carbonyl (C=O) groups is 1. The fourth-order valence-corrected chi connectivity index (χ4v) is 2.48. The van der Waals surface area contributed by atoms with Gasteiger partial charge in [0.1, 0.15) is 0 Å². The minimum atomic E-state index is -0.179. The van der Waals surface area contributed by atoms with Crippen LogP contribution < -0.4 is 5.32 Å². The van der Waals surface area contributed by atoms with E-state index in [1.54, 1.807) is 12.4 Å². The first-order valence-electron chi connectivity index (χ1n) is 5.55. The zero-order valence-corrected chi connectivity index (χ0v) is 9.26. The quantitative estimate of drug-likeness (QED) is 0.791. The summed E-state index contributed by atoms with van der Waals surface area (Å²) in [7, 11) is 0. The lowest BCUT2D eigenvalue weighted by Crippen LogP contribution is -2.18. The fraction of sp³-hybridized carbons (Fsp3) is 0.143. The average Bonchev–Trinajstić information content (AvgIpc) is 2.68. The number of nitrogens with one attached hydrogen (secondary N) is 1.